The Morgan fingerprint density at radius 2 is 1.70 bits per heavy atom. The highest BCUT2D eigenvalue weighted by Crippen LogP contribution is 2.21. The molecule has 5 heteroatoms. The first-order valence-electron chi connectivity index (χ1n) is 10.8. The van der Waals surface area contributed by atoms with Crippen molar-refractivity contribution < 1.29 is 14.3 Å². The van der Waals surface area contributed by atoms with Crippen molar-refractivity contribution in [3.8, 4) is 5.75 Å². The number of carbonyl (C=O) groups is 2. The molecule has 30 heavy (non-hydrogen) atoms. The third kappa shape index (κ3) is 6.61. The molecule has 0 bridgehead atoms. The van der Waals surface area contributed by atoms with Crippen LogP contribution in [0.5, 0.6) is 5.75 Å². The van der Waals surface area contributed by atoms with Crippen LogP contribution in [0, 0.1) is 5.92 Å². The van der Waals surface area contributed by atoms with Crippen molar-refractivity contribution in [2.45, 2.75) is 45.6 Å². The molecule has 1 saturated heterocycles. The first-order chi connectivity index (χ1) is 14.5. The molecule has 5 nitrogen and oxygen atoms in total. The normalized spacial score (nSPS) is 14.6. The molecule has 2 aromatic carbocycles. The smallest absolute Gasteiger partial charge is 0.258 e. The van der Waals surface area contributed by atoms with Gasteiger partial charge in [-0.15, -0.1) is 0 Å². The molecule has 0 unspecified atom stereocenters. The Morgan fingerprint density at radius 1 is 1.03 bits per heavy atom. The van der Waals surface area contributed by atoms with Crippen molar-refractivity contribution in [1.82, 2.24) is 10.2 Å². The van der Waals surface area contributed by atoms with Crippen LogP contribution in [-0.2, 0) is 16.0 Å². The van der Waals surface area contributed by atoms with Gasteiger partial charge >= 0.3 is 0 Å². The largest absolute Gasteiger partial charge is 0.483 e. The highest BCUT2D eigenvalue weighted by Gasteiger charge is 2.24. The molecule has 1 N–H and O–H groups in total. The number of amides is 2. The number of nitrogens with zero attached hydrogens (tertiary/aromatic N) is 1. The maximum Gasteiger partial charge on any atom is 0.258 e. The molecule has 0 atom stereocenters. The Balaban J connectivity index is 1.45. The summed E-state index contributed by atoms with van der Waals surface area (Å²) in [5, 5.41) is 3.06. The molecule has 2 aromatic rings. The third-order valence-electron chi connectivity index (χ3n) is 5.36. The van der Waals surface area contributed by atoms with Gasteiger partial charge in [0.2, 0.25) is 5.91 Å². The predicted molar refractivity (Wildman–Crippen MR) is 118 cm³/mol. The van der Waals surface area contributed by atoms with E-state index in [9.17, 15) is 9.59 Å². The van der Waals surface area contributed by atoms with Crippen LogP contribution in [-0.4, -0.2) is 42.5 Å². The zero-order valence-electron chi connectivity index (χ0n) is 18.0. The average molecular weight is 409 g/mol. The number of para-hydroxylation sites is 1. The molecule has 0 radical (unpaired) electrons. The van der Waals surface area contributed by atoms with Crippen molar-refractivity contribution in [2.24, 2.45) is 5.92 Å². The topological polar surface area (TPSA) is 58.6 Å². The summed E-state index contributed by atoms with van der Waals surface area (Å²) in [6.07, 6.45) is 2.94. The van der Waals surface area contributed by atoms with Crippen molar-refractivity contribution in [1.29, 1.82) is 0 Å². The van der Waals surface area contributed by atoms with Crippen LogP contribution >= 0.6 is 0 Å². The molecule has 1 aliphatic rings. The number of likely N-dealkylation sites (tertiary alicyclic amines) is 1. The molecule has 0 saturated carbocycles. The van der Waals surface area contributed by atoms with Gasteiger partial charge in [-0.3, -0.25) is 9.59 Å². The fourth-order valence-electron chi connectivity index (χ4n) is 3.77. The highest BCUT2D eigenvalue weighted by molar-refractivity contribution is 5.78. The van der Waals surface area contributed by atoms with E-state index in [-0.39, 0.29) is 24.5 Å². The minimum Gasteiger partial charge on any atom is -0.483 e. The SMILES string of the molecule is CC(C)CC(=O)N1CCC(NC(=O)COc2ccccc2Cc2ccccc2)CC1. The predicted octanol–water partition coefficient (Wildman–Crippen LogP) is 3.81. The fourth-order valence-corrected chi connectivity index (χ4v) is 3.77. The van der Waals surface area contributed by atoms with E-state index in [1.807, 2.05) is 47.4 Å². The van der Waals surface area contributed by atoms with Crippen LogP contribution in [0.2, 0.25) is 0 Å². The van der Waals surface area contributed by atoms with Crippen LogP contribution in [0.3, 0.4) is 0 Å². The lowest BCUT2D eigenvalue weighted by atomic mass is 10.0. The summed E-state index contributed by atoms with van der Waals surface area (Å²) in [6.45, 7) is 5.53. The Bertz CT molecular complexity index is 827. The number of rotatable bonds is 8. The van der Waals surface area contributed by atoms with E-state index in [4.69, 9.17) is 4.74 Å². The first kappa shape index (κ1) is 21.9. The third-order valence-corrected chi connectivity index (χ3v) is 5.36. The first-order valence-corrected chi connectivity index (χ1v) is 10.8. The molecule has 160 valence electrons. The number of ether oxygens (including phenoxy) is 1. The van der Waals surface area contributed by atoms with Gasteiger partial charge in [0.05, 0.1) is 0 Å². The van der Waals surface area contributed by atoms with Gasteiger partial charge in [0.15, 0.2) is 6.61 Å². The molecule has 1 aliphatic heterocycles. The molecule has 0 aromatic heterocycles. The van der Waals surface area contributed by atoms with Crippen LogP contribution < -0.4 is 10.1 Å². The lowest BCUT2D eigenvalue weighted by molar-refractivity contribution is -0.133. The van der Waals surface area contributed by atoms with E-state index in [0.717, 1.165) is 30.6 Å². The Labute approximate surface area is 179 Å². The van der Waals surface area contributed by atoms with Gasteiger partial charge in [-0.1, -0.05) is 62.4 Å². The Morgan fingerprint density at radius 3 is 2.40 bits per heavy atom. The molecule has 0 spiro atoms. The minimum absolute atomic E-state index is 0.00169. The van der Waals surface area contributed by atoms with Crippen LogP contribution in [0.1, 0.15) is 44.2 Å². The Kier molecular flexibility index (Phi) is 7.89. The molecule has 3 rings (SSSR count). The standard InChI is InChI=1S/C25H32N2O3/c1-19(2)16-25(29)27-14-12-22(13-15-27)26-24(28)18-30-23-11-7-6-10-21(23)17-20-8-4-3-5-9-20/h3-11,19,22H,12-18H2,1-2H3,(H,26,28). The molecule has 1 fully saturated rings. The highest BCUT2D eigenvalue weighted by atomic mass is 16.5. The number of benzene rings is 2. The lowest BCUT2D eigenvalue weighted by Gasteiger charge is -2.32. The summed E-state index contributed by atoms with van der Waals surface area (Å²) in [6, 6.07) is 18.2. The van der Waals surface area contributed by atoms with E-state index >= 15 is 0 Å². The number of carbonyl (C=O) groups excluding carboxylic acids is 2. The quantitative estimate of drug-likeness (QED) is 0.723. The summed E-state index contributed by atoms with van der Waals surface area (Å²) < 4.78 is 5.84. The summed E-state index contributed by atoms with van der Waals surface area (Å²) in [4.78, 5) is 26.5. The van der Waals surface area contributed by atoms with E-state index in [1.165, 1.54) is 5.56 Å². The average Bonchev–Trinajstić information content (AvgIpc) is 2.74. The monoisotopic (exact) mass is 408 g/mol. The molecule has 2 amide bonds. The van der Waals surface area contributed by atoms with Crippen LogP contribution in [0.15, 0.2) is 54.6 Å². The molecular weight excluding hydrogens is 376 g/mol. The van der Waals surface area contributed by atoms with E-state index in [0.29, 0.717) is 25.4 Å². The van der Waals surface area contributed by atoms with Gasteiger partial charge in [-0.05, 0) is 36.0 Å². The van der Waals surface area contributed by atoms with Crippen molar-refractivity contribution in [3.63, 3.8) is 0 Å². The van der Waals surface area contributed by atoms with Gasteiger partial charge in [0.1, 0.15) is 5.75 Å². The summed E-state index contributed by atoms with van der Waals surface area (Å²) in [5.74, 6) is 1.21. The number of nitrogens with one attached hydrogen (secondary N) is 1. The fraction of sp³-hybridized carbons (Fsp3) is 0.440. The molecule has 0 aliphatic carbocycles. The maximum absolute atomic E-state index is 12.4. The summed E-state index contributed by atoms with van der Waals surface area (Å²) >= 11 is 0. The van der Waals surface area contributed by atoms with Gasteiger partial charge in [0, 0.05) is 32.0 Å². The number of piperidine rings is 1. The van der Waals surface area contributed by atoms with E-state index in [1.54, 1.807) is 0 Å². The van der Waals surface area contributed by atoms with Crippen molar-refractivity contribution in [2.75, 3.05) is 19.7 Å². The molecule has 1 heterocycles. The van der Waals surface area contributed by atoms with Crippen LogP contribution in [0.25, 0.3) is 0 Å². The number of hydrogen-bond acceptors (Lipinski definition) is 3. The van der Waals surface area contributed by atoms with Gasteiger partial charge in [-0.2, -0.15) is 0 Å². The van der Waals surface area contributed by atoms with E-state index < -0.39 is 0 Å². The van der Waals surface area contributed by atoms with Crippen molar-refractivity contribution >= 4 is 11.8 Å². The lowest BCUT2D eigenvalue weighted by Crippen LogP contribution is -2.47. The maximum atomic E-state index is 12.4. The van der Waals surface area contributed by atoms with E-state index in [2.05, 4.69) is 31.3 Å². The molecular formula is C25H32N2O3. The summed E-state index contributed by atoms with van der Waals surface area (Å²) in [5.41, 5.74) is 2.27. The Hall–Kier alpha value is -2.82. The zero-order chi connectivity index (χ0) is 21.3. The van der Waals surface area contributed by atoms with Crippen molar-refractivity contribution in [3.05, 3.63) is 65.7 Å². The second-order valence-corrected chi connectivity index (χ2v) is 8.38. The van der Waals surface area contributed by atoms with Gasteiger partial charge in [0.25, 0.3) is 5.91 Å². The summed E-state index contributed by atoms with van der Waals surface area (Å²) in [7, 11) is 0. The van der Waals surface area contributed by atoms with Gasteiger partial charge < -0.3 is 15.0 Å². The zero-order valence-corrected chi connectivity index (χ0v) is 18.0. The van der Waals surface area contributed by atoms with Crippen LogP contribution in [0.4, 0.5) is 0 Å². The minimum atomic E-state index is -0.114. The second kappa shape index (κ2) is 10.8. The van der Waals surface area contributed by atoms with Gasteiger partial charge in [-0.25, -0.2) is 0 Å². The number of hydrogen-bond donors (Lipinski definition) is 1. The second-order valence-electron chi connectivity index (χ2n) is 8.38.